The number of hydrogen-bond acceptors (Lipinski definition) is 5. The van der Waals surface area contributed by atoms with Crippen molar-refractivity contribution in [1.82, 2.24) is 14.7 Å². The first kappa shape index (κ1) is 21.7. The second kappa shape index (κ2) is 9.69. The van der Waals surface area contributed by atoms with Crippen molar-refractivity contribution in [1.29, 1.82) is 0 Å². The summed E-state index contributed by atoms with van der Waals surface area (Å²) < 4.78 is 19.7. The van der Waals surface area contributed by atoms with E-state index in [0.717, 1.165) is 9.35 Å². The number of piperazine rings is 1. The van der Waals surface area contributed by atoms with Gasteiger partial charge in [0.25, 0.3) is 5.91 Å². The molecule has 0 bridgehead atoms. The molecule has 0 unspecified atom stereocenters. The summed E-state index contributed by atoms with van der Waals surface area (Å²) in [5.74, 6) is 0.135. The summed E-state index contributed by atoms with van der Waals surface area (Å²) in [6.45, 7) is 3.12. The van der Waals surface area contributed by atoms with E-state index >= 15 is 0 Å². The van der Waals surface area contributed by atoms with Gasteiger partial charge in [0.15, 0.2) is 0 Å². The number of likely N-dealkylation sites (N-methyl/N-ethyl adjacent to an activating group) is 1. The van der Waals surface area contributed by atoms with Crippen molar-refractivity contribution in [2.75, 3.05) is 46.9 Å². The van der Waals surface area contributed by atoms with Gasteiger partial charge in [0.05, 0.1) is 22.3 Å². The molecule has 156 valence electrons. The van der Waals surface area contributed by atoms with Crippen LogP contribution in [0.15, 0.2) is 34.1 Å². The van der Waals surface area contributed by atoms with E-state index in [4.69, 9.17) is 4.74 Å². The van der Waals surface area contributed by atoms with E-state index in [1.165, 1.54) is 28.4 Å². The van der Waals surface area contributed by atoms with Gasteiger partial charge >= 0.3 is 0 Å². The van der Waals surface area contributed by atoms with Crippen LogP contribution in [0.1, 0.15) is 15.2 Å². The SMILES string of the molecule is COc1ccc(F)cc1CN1CCN(C(=O)CN(C)C(=O)c2ccc(Br)s2)CC1. The molecule has 1 fully saturated rings. The summed E-state index contributed by atoms with van der Waals surface area (Å²) in [5, 5.41) is 0. The van der Waals surface area contributed by atoms with Crippen LogP contribution in [0.2, 0.25) is 0 Å². The van der Waals surface area contributed by atoms with Gasteiger partial charge in [-0.15, -0.1) is 11.3 Å². The second-order valence-electron chi connectivity index (χ2n) is 6.88. The van der Waals surface area contributed by atoms with E-state index in [1.54, 1.807) is 31.2 Å². The molecule has 0 radical (unpaired) electrons. The van der Waals surface area contributed by atoms with E-state index in [-0.39, 0.29) is 24.2 Å². The van der Waals surface area contributed by atoms with Gasteiger partial charge in [-0.2, -0.15) is 0 Å². The van der Waals surface area contributed by atoms with Crippen molar-refractivity contribution in [3.8, 4) is 5.75 Å². The van der Waals surface area contributed by atoms with Crippen LogP contribution in [-0.2, 0) is 11.3 Å². The summed E-state index contributed by atoms with van der Waals surface area (Å²) >= 11 is 4.69. The molecule has 1 aromatic carbocycles. The fraction of sp³-hybridized carbons (Fsp3) is 0.400. The van der Waals surface area contributed by atoms with E-state index < -0.39 is 0 Å². The lowest BCUT2D eigenvalue weighted by Gasteiger charge is -2.35. The number of benzene rings is 1. The molecule has 0 aliphatic carbocycles. The van der Waals surface area contributed by atoms with Crippen molar-refractivity contribution < 1.29 is 18.7 Å². The van der Waals surface area contributed by atoms with Crippen LogP contribution < -0.4 is 4.74 Å². The average Bonchev–Trinajstić information content (AvgIpc) is 3.14. The Morgan fingerprint density at radius 3 is 2.55 bits per heavy atom. The lowest BCUT2D eigenvalue weighted by Crippen LogP contribution is -2.51. The average molecular weight is 484 g/mol. The number of carbonyl (C=O) groups excluding carboxylic acids is 2. The Morgan fingerprint density at radius 2 is 1.93 bits per heavy atom. The Balaban J connectivity index is 1.50. The van der Waals surface area contributed by atoms with Crippen molar-refractivity contribution in [2.24, 2.45) is 0 Å². The van der Waals surface area contributed by atoms with Gasteiger partial charge in [-0.1, -0.05) is 0 Å². The minimum Gasteiger partial charge on any atom is -0.496 e. The molecule has 1 aliphatic heterocycles. The molecule has 0 N–H and O–H groups in total. The number of hydrogen-bond donors (Lipinski definition) is 0. The molecule has 0 saturated carbocycles. The van der Waals surface area contributed by atoms with Crippen molar-refractivity contribution >= 4 is 39.1 Å². The zero-order chi connectivity index (χ0) is 21.0. The van der Waals surface area contributed by atoms with Crippen molar-refractivity contribution in [3.05, 3.63) is 50.4 Å². The third kappa shape index (κ3) is 5.55. The number of rotatable bonds is 6. The standard InChI is InChI=1S/C20H23BrFN3O3S/c1-23(20(27)17-5-6-18(21)29-17)13-19(26)25-9-7-24(8-10-25)12-14-11-15(22)3-4-16(14)28-2/h3-6,11H,7-10,12-13H2,1-2H3. The van der Waals surface area contributed by atoms with Crippen LogP contribution in [-0.4, -0.2) is 73.4 Å². The molecule has 1 aromatic heterocycles. The highest BCUT2D eigenvalue weighted by Gasteiger charge is 2.24. The summed E-state index contributed by atoms with van der Waals surface area (Å²) in [5.41, 5.74) is 0.791. The van der Waals surface area contributed by atoms with Crippen molar-refractivity contribution in [3.63, 3.8) is 0 Å². The zero-order valence-corrected chi connectivity index (χ0v) is 18.8. The molecular weight excluding hydrogens is 461 g/mol. The number of ether oxygens (including phenoxy) is 1. The zero-order valence-electron chi connectivity index (χ0n) is 16.4. The van der Waals surface area contributed by atoms with Crippen LogP contribution >= 0.6 is 27.3 Å². The van der Waals surface area contributed by atoms with E-state index in [0.29, 0.717) is 43.4 Å². The quantitative estimate of drug-likeness (QED) is 0.633. The van der Waals surface area contributed by atoms with E-state index in [1.807, 2.05) is 6.07 Å². The number of methoxy groups -OCH3 is 1. The van der Waals surface area contributed by atoms with Crippen LogP contribution in [0.4, 0.5) is 4.39 Å². The highest BCUT2D eigenvalue weighted by Crippen LogP contribution is 2.23. The van der Waals surface area contributed by atoms with Gasteiger partial charge in [0.1, 0.15) is 11.6 Å². The van der Waals surface area contributed by atoms with Crippen LogP contribution in [0.25, 0.3) is 0 Å². The van der Waals surface area contributed by atoms with Gasteiger partial charge < -0.3 is 14.5 Å². The summed E-state index contributed by atoms with van der Waals surface area (Å²) in [4.78, 5) is 31.0. The molecule has 0 atom stereocenters. The van der Waals surface area contributed by atoms with Gasteiger partial charge in [0.2, 0.25) is 5.91 Å². The third-order valence-electron chi connectivity index (χ3n) is 4.86. The largest absolute Gasteiger partial charge is 0.496 e. The maximum absolute atomic E-state index is 13.6. The third-order valence-corrected chi connectivity index (χ3v) is 6.48. The summed E-state index contributed by atoms with van der Waals surface area (Å²) in [6.07, 6.45) is 0. The second-order valence-corrected chi connectivity index (χ2v) is 9.34. The Kier molecular flexibility index (Phi) is 7.26. The molecule has 3 rings (SSSR count). The Morgan fingerprint density at radius 1 is 1.21 bits per heavy atom. The molecule has 1 aliphatic rings. The smallest absolute Gasteiger partial charge is 0.264 e. The molecule has 9 heteroatoms. The Bertz CT molecular complexity index is 884. The number of thiophene rings is 1. The highest BCUT2D eigenvalue weighted by atomic mass is 79.9. The van der Waals surface area contributed by atoms with Crippen molar-refractivity contribution in [2.45, 2.75) is 6.54 Å². The molecule has 29 heavy (non-hydrogen) atoms. The first-order valence-corrected chi connectivity index (χ1v) is 10.8. The topological polar surface area (TPSA) is 53.1 Å². The first-order valence-electron chi connectivity index (χ1n) is 9.20. The molecule has 0 spiro atoms. The fourth-order valence-electron chi connectivity index (χ4n) is 3.26. The van der Waals surface area contributed by atoms with Crippen LogP contribution in [0, 0.1) is 5.82 Å². The predicted octanol–water partition coefficient (Wildman–Crippen LogP) is 3.07. The number of halogens is 2. The van der Waals surface area contributed by atoms with Crippen LogP contribution in [0.3, 0.4) is 0 Å². The maximum Gasteiger partial charge on any atom is 0.264 e. The summed E-state index contributed by atoms with van der Waals surface area (Å²) in [7, 11) is 3.21. The number of carbonyl (C=O) groups is 2. The van der Waals surface area contributed by atoms with Crippen LogP contribution in [0.5, 0.6) is 5.75 Å². The Labute approximate surface area is 182 Å². The lowest BCUT2D eigenvalue weighted by atomic mass is 10.1. The molecule has 2 heterocycles. The number of nitrogens with zero attached hydrogens (tertiary/aromatic N) is 3. The minimum atomic E-state index is -0.292. The molecule has 2 aromatic rings. The first-order chi connectivity index (χ1) is 13.9. The van der Waals surface area contributed by atoms with Gasteiger partial charge in [0, 0.05) is 45.3 Å². The maximum atomic E-state index is 13.6. The molecular formula is C20H23BrFN3O3S. The van der Waals surface area contributed by atoms with Gasteiger partial charge in [-0.25, -0.2) is 4.39 Å². The minimum absolute atomic E-state index is 0.0477. The van der Waals surface area contributed by atoms with E-state index in [9.17, 15) is 14.0 Å². The predicted molar refractivity (Wildman–Crippen MR) is 114 cm³/mol. The van der Waals surface area contributed by atoms with Gasteiger partial charge in [-0.3, -0.25) is 14.5 Å². The van der Waals surface area contributed by atoms with Gasteiger partial charge in [-0.05, 0) is 46.3 Å². The molecule has 6 nitrogen and oxygen atoms in total. The molecule has 1 saturated heterocycles. The Hall–Kier alpha value is -1.97. The summed E-state index contributed by atoms with van der Waals surface area (Å²) in [6, 6.07) is 8.06. The number of amides is 2. The molecule has 2 amide bonds. The normalized spacial score (nSPS) is 14.7. The highest BCUT2D eigenvalue weighted by molar-refractivity contribution is 9.11. The van der Waals surface area contributed by atoms with E-state index in [2.05, 4.69) is 20.8 Å². The fourth-order valence-corrected chi connectivity index (χ4v) is 4.64. The lowest BCUT2D eigenvalue weighted by molar-refractivity contribution is -0.133. The monoisotopic (exact) mass is 483 g/mol.